The van der Waals surface area contributed by atoms with Crippen LogP contribution in [0.3, 0.4) is 0 Å². The Balaban J connectivity index is 0.887. The summed E-state index contributed by atoms with van der Waals surface area (Å²) in [7, 11) is 3.68. The highest BCUT2D eigenvalue weighted by Gasteiger charge is 2.39. The van der Waals surface area contributed by atoms with E-state index < -0.39 is 0 Å². The van der Waals surface area contributed by atoms with E-state index in [0.717, 1.165) is 82.5 Å². The first kappa shape index (κ1) is 35.0. The quantitative estimate of drug-likeness (QED) is 0.372. The third-order valence-electron chi connectivity index (χ3n) is 11.5. The molecular formula is C38H47ClN8O4. The number of amides is 4. The van der Waals surface area contributed by atoms with Gasteiger partial charge in [-0.2, -0.15) is 5.10 Å². The Hall–Kier alpha value is -4.42. The number of aromatic nitrogens is 2. The Bertz CT molecular complexity index is 1810. The van der Waals surface area contributed by atoms with Crippen molar-refractivity contribution in [2.24, 2.45) is 12.5 Å². The van der Waals surface area contributed by atoms with Crippen molar-refractivity contribution in [2.75, 3.05) is 63.1 Å². The minimum atomic E-state index is -0.321. The highest BCUT2D eigenvalue weighted by atomic mass is 35.5. The zero-order chi connectivity index (χ0) is 35.7. The molecule has 2 atom stereocenters. The van der Waals surface area contributed by atoms with Crippen molar-refractivity contribution in [3.63, 3.8) is 0 Å². The number of aryl methyl sites for hydroxylation is 1. The summed E-state index contributed by atoms with van der Waals surface area (Å²) in [6, 6.07) is 16.4. The smallest absolute Gasteiger partial charge is 0.324 e. The van der Waals surface area contributed by atoms with Crippen LogP contribution in [-0.2, 0) is 18.4 Å². The molecule has 51 heavy (non-hydrogen) atoms. The average Bonchev–Trinajstić information content (AvgIpc) is 3.14. The molecule has 0 saturated carbocycles. The maximum absolute atomic E-state index is 13.6. The van der Waals surface area contributed by atoms with Gasteiger partial charge in [-0.1, -0.05) is 35.9 Å². The fourth-order valence-corrected chi connectivity index (χ4v) is 8.51. The molecule has 0 radical (unpaired) electrons. The SMILES string of the molecule is CN1CC(Nc2cnn(C)c(=O)c2Cl)CC(c2ccc(C(=O)N3CCC4(CC3)CCN(c3ccc(CN5CCC(=O)NC5=O)cc3)CC4)cc2)C1. The van der Waals surface area contributed by atoms with Crippen molar-refractivity contribution in [2.45, 2.75) is 57.0 Å². The average molecular weight is 715 g/mol. The lowest BCUT2D eigenvalue weighted by Gasteiger charge is -2.47. The van der Waals surface area contributed by atoms with E-state index in [1.54, 1.807) is 18.1 Å². The molecule has 270 valence electrons. The van der Waals surface area contributed by atoms with Gasteiger partial charge in [-0.25, -0.2) is 9.48 Å². The van der Waals surface area contributed by atoms with Gasteiger partial charge in [0.05, 0.1) is 11.9 Å². The number of benzene rings is 2. The van der Waals surface area contributed by atoms with Crippen LogP contribution in [0.1, 0.15) is 65.9 Å². The van der Waals surface area contributed by atoms with Gasteiger partial charge >= 0.3 is 6.03 Å². The minimum Gasteiger partial charge on any atom is -0.378 e. The van der Waals surface area contributed by atoms with Gasteiger partial charge in [0, 0.05) is 83.1 Å². The maximum atomic E-state index is 13.6. The number of imide groups is 1. The van der Waals surface area contributed by atoms with E-state index in [9.17, 15) is 19.2 Å². The molecule has 4 aliphatic heterocycles. The van der Waals surface area contributed by atoms with Crippen molar-refractivity contribution in [3.05, 3.63) is 86.8 Å². The molecular weight excluding hydrogens is 668 g/mol. The number of hydrogen-bond donors (Lipinski definition) is 2. The van der Waals surface area contributed by atoms with Gasteiger partial charge in [0.2, 0.25) is 5.91 Å². The fraction of sp³-hybridized carbons (Fsp3) is 0.500. The molecule has 12 nitrogen and oxygen atoms in total. The van der Waals surface area contributed by atoms with Crippen LogP contribution in [0.2, 0.25) is 5.02 Å². The largest absolute Gasteiger partial charge is 0.378 e. The van der Waals surface area contributed by atoms with E-state index in [1.165, 1.54) is 15.9 Å². The maximum Gasteiger partial charge on any atom is 0.324 e. The predicted octanol–water partition coefficient (Wildman–Crippen LogP) is 4.30. The van der Waals surface area contributed by atoms with Crippen LogP contribution in [0, 0.1) is 5.41 Å². The molecule has 1 spiro atoms. The normalized spacial score (nSPS) is 22.6. The first-order chi connectivity index (χ1) is 24.6. The van der Waals surface area contributed by atoms with E-state index in [0.29, 0.717) is 25.2 Å². The number of carbonyl (C=O) groups excluding carboxylic acids is 3. The van der Waals surface area contributed by atoms with E-state index in [4.69, 9.17) is 11.6 Å². The van der Waals surface area contributed by atoms with Gasteiger partial charge in [0.1, 0.15) is 5.02 Å². The number of urea groups is 1. The summed E-state index contributed by atoms with van der Waals surface area (Å²) in [6.07, 6.45) is 7.11. The topological polar surface area (TPSA) is 123 Å². The summed E-state index contributed by atoms with van der Waals surface area (Å²) in [5.74, 6) is 0.170. The number of nitrogens with zero attached hydrogens (tertiary/aromatic N) is 6. The van der Waals surface area contributed by atoms with E-state index in [-0.39, 0.29) is 45.8 Å². The Labute approximate surface area is 303 Å². The summed E-state index contributed by atoms with van der Waals surface area (Å²) < 4.78 is 1.23. The Morgan fingerprint density at radius 1 is 0.922 bits per heavy atom. The van der Waals surface area contributed by atoms with Crippen LogP contribution in [0.4, 0.5) is 16.2 Å². The number of likely N-dealkylation sites (N-methyl/N-ethyl adjacent to an activating group) is 1. The Kier molecular flexibility index (Phi) is 10.1. The van der Waals surface area contributed by atoms with Crippen molar-refractivity contribution in [3.8, 4) is 0 Å². The van der Waals surface area contributed by atoms with Crippen LogP contribution < -0.4 is 21.1 Å². The molecule has 4 aliphatic rings. The van der Waals surface area contributed by atoms with Crippen LogP contribution >= 0.6 is 11.6 Å². The minimum absolute atomic E-state index is 0.102. The lowest BCUT2D eigenvalue weighted by atomic mass is 9.71. The summed E-state index contributed by atoms with van der Waals surface area (Å²) >= 11 is 6.32. The molecule has 2 aromatic carbocycles. The fourth-order valence-electron chi connectivity index (χ4n) is 8.28. The second-order valence-corrected chi connectivity index (χ2v) is 15.3. The summed E-state index contributed by atoms with van der Waals surface area (Å²) in [5, 5.41) is 10.1. The zero-order valence-corrected chi connectivity index (χ0v) is 30.2. The van der Waals surface area contributed by atoms with Gasteiger partial charge < -0.3 is 24.9 Å². The number of piperidine rings is 3. The van der Waals surface area contributed by atoms with Gasteiger partial charge in [-0.05, 0) is 85.9 Å². The molecule has 3 aromatic rings. The lowest BCUT2D eigenvalue weighted by molar-refractivity contribution is -0.121. The first-order valence-electron chi connectivity index (χ1n) is 18.0. The molecule has 4 fully saturated rings. The second kappa shape index (κ2) is 14.7. The molecule has 4 amide bonds. The van der Waals surface area contributed by atoms with Crippen molar-refractivity contribution in [1.82, 2.24) is 29.8 Å². The van der Waals surface area contributed by atoms with E-state index >= 15 is 0 Å². The lowest BCUT2D eigenvalue weighted by Crippen LogP contribution is -2.48. The molecule has 4 saturated heterocycles. The Morgan fingerprint density at radius 2 is 1.61 bits per heavy atom. The molecule has 2 unspecified atom stereocenters. The first-order valence-corrected chi connectivity index (χ1v) is 18.4. The van der Waals surface area contributed by atoms with Crippen LogP contribution in [-0.4, -0.2) is 101 Å². The molecule has 5 heterocycles. The number of halogens is 1. The third kappa shape index (κ3) is 7.77. The van der Waals surface area contributed by atoms with Crippen molar-refractivity contribution in [1.29, 1.82) is 0 Å². The number of carbonyl (C=O) groups is 3. The van der Waals surface area contributed by atoms with E-state index in [2.05, 4.69) is 69.0 Å². The van der Waals surface area contributed by atoms with Crippen molar-refractivity contribution < 1.29 is 14.4 Å². The highest BCUT2D eigenvalue weighted by molar-refractivity contribution is 6.32. The molecule has 2 N–H and O–H groups in total. The second-order valence-electron chi connectivity index (χ2n) is 14.9. The number of anilines is 2. The van der Waals surface area contributed by atoms with E-state index in [1.807, 2.05) is 17.0 Å². The van der Waals surface area contributed by atoms with Crippen LogP contribution in [0.5, 0.6) is 0 Å². The molecule has 7 rings (SSSR count). The van der Waals surface area contributed by atoms with Crippen LogP contribution in [0.15, 0.2) is 59.5 Å². The zero-order valence-electron chi connectivity index (χ0n) is 29.4. The van der Waals surface area contributed by atoms with Gasteiger partial charge in [0.15, 0.2) is 0 Å². The van der Waals surface area contributed by atoms with Gasteiger partial charge in [-0.15, -0.1) is 0 Å². The molecule has 1 aromatic heterocycles. The van der Waals surface area contributed by atoms with Gasteiger partial charge in [-0.3, -0.25) is 19.7 Å². The Morgan fingerprint density at radius 3 is 2.29 bits per heavy atom. The number of hydrogen-bond acceptors (Lipinski definition) is 8. The van der Waals surface area contributed by atoms with Gasteiger partial charge in [0.25, 0.3) is 11.5 Å². The summed E-state index contributed by atoms with van der Waals surface area (Å²) in [6.45, 7) is 6.23. The predicted molar refractivity (Wildman–Crippen MR) is 197 cm³/mol. The third-order valence-corrected chi connectivity index (χ3v) is 11.8. The molecule has 0 bridgehead atoms. The molecule has 0 aliphatic carbocycles. The van der Waals surface area contributed by atoms with Crippen LogP contribution in [0.25, 0.3) is 0 Å². The molecule has 13 heteroatoms. The van der Waals surface area contributed by atoms with Crippen molar-refractivity contribution >= 4 is 40.8 Å². The summed E-state index contributed by atoms with van der Waals surface area (Å²) in [4.78, 5) is 57.8. The number of nitrogens with one attached hydrogen (secondary N) is 2. The monoisotopic (exact) mass is 714 g/mol. The number of rotatable bonds is 7. The summed E-state index contributed by atoms with van der Waals surface area (Å²) in [5.41, 5.74) is 4.69. The number of likely N-dealkylation sites (tertiary alicyclic amines) is 2. The highest BCUT2D eigenvalue weighted by Crippen LogP contribution is 2.42. The standard InChI is InChI=1S/C38H47ClN8O4/c1-43-24-29(21-30(25-43)41-32-22-40-44(2)36(50)34(32)39)27-5-7-28(8-6-27)35(49)46-19-14-38(15-20-46)12-17-45(18-13-38)31-9-3-26(4-10-31)23-47-16-11-33(48)42-37(47)51/h3-10,22,29-30,41H,11-21,23-25H2,1-2H3,(H,42,48,51).